The second kappa shape index (κ2) is 10.5. The summed E-state index contributed by atoms with van der Waals surface area (Å²) >= 11 is 0. The number of methoxy groups -OCH3 is 3. The van der Waals surface area contributed by atoms with Crippen LogP contribution in [-0.2, 0) is 9.53 Å². The first-order valence-corrected chi connectivity index (χ1v) is 9.47. The van der Waals surface area contributed by atoms with E-state index >= 15 is 0 Å². The van der Waals surface area contributed by atoms with Crippen LogP contribution in [-0.4, -0.2) is 51.9 Å². The van der Waals surface area contributed by atoms with Crippen molar-refractivity contribution in [3.8, 4) is 17.2 Å². The summed E-state index contributed by atoms with van der Waals surface area (Å²) in [6.45, 7) is 1.47. The lowest BCUT2D eigenvalue weighted by Crippen LogP contribution is -2.48. The fraction of sp³-hybridized carbons (Fsp3) is 0.550. The predicted molar refractivity (Wildman–Crippen MR) is 104 cm³/mol. The Morgan fingerprint density at radius 1 is 0.966 bits per heavy atom. The maximum atomic E-state index is 12.4. The van der Waals surface area contributed by atoms with E-state index in [1.165, 1.54) is 33.5 Å². The number of rotatable bonds is 7. The molecule has 29 heavy (non-hydrogen) atoms. The zero-order valence-corrected chi connectivity index (χ0v) is 17.2. The van der Waals surface area contributed by atoms with Crippen LogP contribution in [0.4, 0.5) is 4.79 Å². The van der Waals surface area contributed by atoms with E-state index in [1.54, 1.807) is 0 Å². The Bertz CT molecular complexity index is 751. The van der Waals surface area contributed by atoms with E-state index in [0.717, 1.165) is 25.7 Å². The van der Waals surface area contributed by atoms with Crippen LogP contribution < -0.4 is 24.8 Å². The van der Waals surface area contributed by atoms with Crippen LogP contribution in [0.3, 0.4) is 0 Å². The molecule has 0 unspecified atom stereocenters. The maximum absolute atomic E-state index is 12.4. The van der Waals surface area contributed by atoms with Gasteiger partial charge in [0.15, 0.2) is 18.1 Å². The first-order valence-electron chi connectivity index (χ1n) is 9.47. The minimum Gasteiger partial charge on any atom is -0.496 e. The molecule has 0 radical (unpaired) electrons. The summed E-state index contributed by atoms with van der Waals surface area (Å²) < 4.78 is 20.5. The van der Waals surface area contributed by atoms with E-state index < -0.39 is 24.5 Å². The molecule has 9 heteroatoms. The van der Waals surface area contributed by atoms with Gasteiger partial charge in [0, 0.05) is 18.2 Å². The van der Waals surface area contributed by atoms with Gasteiger partial charge in [0.1, 0.15) is 11.3 Å². The van der Waals surface area contributed by atoms with Gasteiger partial charge in [-0.15, -0.1) is 0 Å². The normalized spacial score (nSPS) is 18.3. The Morgan fingerprint density at radius 2 is 1.59 bits per heavy atom. The molecule has 0 aliphatic heterocycles. The average molecular weight is 408 g/mol. The summed E-state index contributed by atoms with van der Waals surface area (Å²) in [5.74, 6) is -0.256. The van der Waals surface area contributed by atoms with Crippen molar-refractivity contribution in [2.45, 2.75) is 38.6 Å². The lowest BCUT2D eigenvalue weighted by Gasteiger charge is -2.29. The lowest BCUT2D eigenvalue weighted by molar-refractivity contribution is -0.123. The maximum Gasteiger partial charge on any atom is 0.342 e. The molecule has 1 saturated carbocycles. The molecule has 3 amide bonds. The first kappa shape index (κ1) is 22.3. The van der Waals surface area contributed by atoms with Crippen molar-refractivity contribution in [3.05, 3.63) is 17.7 Å². The molecule has 1 aliphatic carbocycles. The number of esters is 1. The van der Waals surface area contributed by atoms with Crippen molar-refractivity contribution >= 4 is 17.9 Å². The number of benzene rings is 1. The molecule has 160 valence electrons. The molecular formula is C20H28N2O7. The van der Waals surface area contributed by atoms with Crippen molar-refractivity contribution in [1.29, 1.82) is 0 Å². The van der Waals surface area contributed by atoms with Crippen LogP contribution >= 0.6 is 0 Å². The molecular weight excluding hydrogens is 380 g/mol. The van der Waals surface area contributed by atoms with E-state index in [0.29, 0.717) is 17.4 Å². The number of ether oxygens (including phenoxy) is 4. The predicted octanol–water partition coefficient (Wildman–Crippen LogP) is 2.27. The van der Waals surface area contributed by atoms with Gasteiger partial charge in [-0.05, 0) is 18.8 Å². The van der Waals surface area contributed by atoms with Gasteiger partial charge in [0.2, 0.25) is 0 Å². The van der Waals surface area contributed by atoms with Crippen molar-refractivity contribution in [1.82, 2.24) is 10.6 Å². The van der Waals surface area contributed by atoms with Crippen LogP contribution in [0, 0.1) is 5.92 Å². The van der Waals surface area contributed by atoms with E-state index in [2.05, 4.69) is 17.6 Å². The second-order valence-corrected chi connectivity index (χ2v) is 6.87. The van der Waals surface area contributed by atoms with Crippen LogP contribution in [0.25, 0.3) is 0 Å². The molecule has 1 aliphatic rings. The molecule has 1 aromatic carbocycles. The van der Waals surface area contributed by atoms with E-state index in [-0.39, 0.29) is 17.4 Å². The summed E-state index contributed by atoms with van der Waals surface area (Å²) in [6.07, 6.45) is 4.13. The van der Waals surface area contributed by atoms with E-state index in [1.807, 2.05) is 0 Å². The second-order valence-electron chi connectivity index (χ2n) is 6.87. The number of hydrogen-bond acceptors (Lipinski definition) is 7. The average Bonchev–Trinajstić information content (AvgIpc) is 2.72. The topological polar surface area (TPSA) is 112 Å². The van der Waals surface area contributed by atoms with Crippen molar-refractivity contribution in [2.24, 2.45) is 5.92 Å². The molecule has 0 saturated heterocycles. The highest BCUT2D eigenvalue weighted by Crippen LogP contribution is 2.34. The quantitative estimate of drug-likeness (QED) is 0.666. The zero-order valence-electron chi connectivity index (χ0n) is 17.2. The number of urea groups is 1. The van der Waals surface area contributed by atoms with Gasteiger partial charge in [0.05, 0.1) is 21.3 Å². The highest BCUT2D eigenvalue weighted by Gasteiger charge is 2.24. The SMILES string of the molecule is COc1cc(OC)c(C(=O)OCC(=O)NC(=O)N[C@H]2CCCC[C@H]2C)cc1OC. The number of carbonyl (C=O) groups excluding carboxylic acids is 3. The molecule has 0 bridgehead atoms. The summed E-state index contributed by atoms with van der Waals surface area (Å²) in [7, 11) is 4.28. The van der Waals surface area contributed by atoms with Gasteiger partial charge < -0.3 is 24.3 Å². The third kappa shape index (κ3) is 6.00. The molecule has 2 rings (SSSR count). The summed E-state index contributed by atoms with van der Waals surface area (Å²) in [5, 5.41) is 4.98. The number of amides is 3. The van der Waals surface area contributed by atoms with Crippen LogP contribution in [0.5, 0.6) is 17.2 Å². The minimum atomic E-state index is -0.792. The monoisotopic (exact) mass is 408 g/mol. The van der Waals surface area contributed by atoms with Crippen LogP contribution in [0.1, 0.15) is 43.0 Å². The number of hydrogen-bond donors (Lipinski definition) is 2. The summed E-state index contributed by atoms with van der Waals surface area (Å²) in [5.41, 5.74) is 0.0680. The van der Waals surface area contributed by atoms with Gasteiger partial charge in [-0.25, -0.2) is 9.59 Å². The van der Waals surface area contributed by atoms with Gasteiger partial charge in [-0.3, -0.25) is 10.1 Å². The van der Waals surface area contributed by atoms with Gasteiger partial charge in [-0.1, -0.05) is 19.8 Å². The summed E-state index contributed by atoms with van der Waals surface area (Å²) in [6, 6.07) is 2.33. The number of imide groups is 1. The number of nitrogens with one attached hydrogen (secondary N) is 2. The lowest BCUT2D eigenvalue weighted by atomic mass is 9.86. The van der Waals surface area contributed by atoms with Gasteiger partial charge in [-0.2, -0.15) is 0 Å². The molecule has 9 nitrogen and oxygen atoms in total. The van der Waals surface area contributed by atoms with E-state index in [9.17, 15) is 14.4 Å². The van der Waals surface area contributed by atoms with Crippen molar-refractivity contribution in [3.63, 3.8) is 0 Å². The fourth-order valence-corrected chi connectivity index (χ4v) is 3.30. The Labute approximate surface area is 170 Å². The Morgan fingerprint density at radius 3 is 2.21 bits per heavy atom. The molecule has 2 N–H and O–H groups in total. The first-order chi connectivity index (χ1) is 13.9. The molecule has 2 atom stereocenters. The molecule has 0 spiro atoms. The molecule has 1 fully saturated rings. The Balaban J connectivity index is 1.91. The number of carbonyl (C=O) groups is 3. The van der Waals surface area contributed by atoms with E-state index in [4.69, 9.17) is 18.9 Å². The Hall–Kier alpha value is -2.97. The van der Waals surface area contributed by atoms with Gasteiger partial charge in [0.25, 0.3) is 5.91 Å². The zero-order chi connectivity index (χ0) is 21.4. The highest BCUT2D eigenvalue weighted by atomic mass is 16.5. The smallest absolute Gasteiger partial charge is 0.342 e. The Kier molecular flexibility index (Phi) is 8.11. The molecule has 0 aromatic heterocycles. The molecule has 0 heterocycles. The highest BCUT2D eigenvalue weighted by molar-refractivity contribution is 5.98. The minimum absolute atomic E-state index is 0.0372. The van der Waals surface area contributed by atoms with Crippen molar-refractivity contribution in [2.75, 3.05) is 27.9 Å². The standard InChI is InChI=1S/C20H28N2O7/c1-12-7-5-6-8-14(12)21-20(25)22-18(23)11-29-19(24)13-9-16(27-3)17(28-4)10-15(13)26-2/h9-10,12,14H,5-8,11H2,1-4H3,(H2,21,22,23,25)/t12-,14+/m1/s1. The van der Waals surface area contributed by atoms with Crippen LogP contribution in [0.15, 0.2) is 12.1 Å². The molecule has 1 aromatic rings. The van der Waals surface area contributed by atoms with Gasteiger partial charge >= 0.3 is 12.0 Å². The largest absolute Gasteiger partial charge is 0.496 e. The summed E-state index contributed by atoms with van der Waals surface area (Å²) in [4.78, 5) is 36.3. The third-order valence-electron chi connectivity index (χ3n) is 4.94. The van der Waals surface area contributed by atoms with Crippen LogP contribution in [0.2, 0.25) is 0 Å². The fourth-order valence-electron chi connectivity index (χ4n) is 3.30. The van der Waals surface area contributed by atoms with Crippen molar-refractivity contribution < 1.29 is 33.3 Å². The third-order valence-corrected chi connectivity index (χ3v) is 4.94.